The van der Waals surface area contributed by atoms with Crippen LogP contribution in [0.3, 0.4) is 0 Å². The van der Waals surface area contributed by atoms with Gasteiger partial charge in [-0.25, -0.2) is 9.89 Å². The van der Waals surface area contributed by atoms with E-state index in [9.17, 15) is 9.59 Å². The number of nitrogens with zero attached hydrogens (tertiary/aromatic N) is 3. The minimum Gasteiger partial charge on any atom is -0.361 e. The number of piperidine rings is 1. The summed E-state index contributed by atoms with van der Waals surface area (Å²) in [6.45, 7) is 3.91. The monoisotopic (exact) mass is 339 g/mol. The van der Waals surface area contributed by atoms with Crippen LogP contribution in [0.25, 0.3) is 10.9 Å². The number of hydrogen-bond acceptors (Lipinski definition) is 3. The first-order valence-electron chi connectivity index (χ1n) is 8.69. The zero-order valence-corrected chi connectivity index (χ0v) is 14.2. The number of aromatic amines is 2. The van der Waals surface area contributed by atoms with Crippen LogP contribution in [0.15, 0.2) is 35.3 Å². The molecule has 0 spiro atoms. The Balaban J connectivity index is 1.47. The number of H-pyrrole nitrogens is 2. The Hall–Kier alpha value is -2.83. The van der Waals surface area contributed by atoms with Gasteiger partial charge in [-0.05, 0) is 43.4 Å². The van der Waals surface area contributed by atoms with E-state index in [1.807, 2.05) is 42.3 Å². The van der Waals surface area contributed by atoms with Crippen LogP contribution in [0.2, 0.25) is 0 Å². The molecule has 0 aliphatic carbocycles. The van der Waals surface area contributed by atoms with Crippen LogP contribution < -0.4 is 5.69 Å². The van der Waals surface area contributed by atoms with Gasteiger partial charge in [-0.15, -0.1) is 0 Å². The van der Waals surface area contributed by atoms with Crippen LogP contribution in [0, 0.1) is 0 Å². The summed E-state index contributed by atoms with van der Waals surface area (Å²) in [6, 6.07) is 7.75. The van der Waals surface area contributed by atoms with E-state index in [1.54, 1.807) is 4.57 Å². The van der Waals surface area contributed by atoms with Gasteiger partial charge in [-0.3, -0.25) is 9.36 Å². The van der Waals surface area contributed by atoms with Gasteiger partial charge in [-0.1, -0.05) is 6.07 Å². The Morgan fingerprint density at radius 3 is 2.84 bits per heavy atom. The first kappa shape index (κ1) is 15.7. The molecule has 2 aromatic heterocycles. The standard InChI is InChI=1S/C18H21N5O2/c1-2-23-16(20-21-18(23)25)13-6-9-22(10-7-13)17(24)14-4-3-12-5-8-19-15(12)11-14/h3-5,8,11,13,19H,2,6-7,9-10H2,1H3,(H,21,25). The highest BCUT2D eigenvalue weighted by atomic mass is 16.2. The summed E-state index contributed by atoms with van der Waals surface area (Å²) in [7, 11) is 0. The molecule has 7 heteroatoms. The molecule has 0 atom stereocenters. The van der Waals surface area contributed by atoms with E-state index in [2.05, 4.69) is 15.2 Å². The lowest BCUT2D eigenvalue weighted by atomic mass is 9.95. The van der Waals surface area contributed by atoms with Gasteiger partial charge in [0.15, 0.2) is 0 Å². The Morgan fingerprint density at radius 2 is 2.08 bits per heavy atom. The van der Waals surface area contributed by atoms with Gasteiger partial charge in [0.1, 0.15) is 5.82 Å². The molecule has 1 saturated heterocycles. The van der Waals surface area contributed by atoms with Gasteiger partial charge in [0, 0.05) is 42.8 Å². The molecular formula is C18H21N5O2. The van der Waals surface area contributed by atoms with Crippen molar-refractivity contribution in [2.75, 3.05) is 13.1 Å². The third-order valence-corrected chi connectivity index (χ3v) is 5.05. The highest BCUT2D eigenvalue weighted by Gasteiger charge is 2.27. The van der Waals surface area contributed by atoms with E-state index in [0.29, 0.717) is 25.2 Å². The van der Waals surface area contributed by atoms with Crippen molar-refractivity contribution < 1.29 is 4.79 Å². The second kappa shape index (κ2) is 6.23. The Labute approximate surface area is 144 Å². The molecule has 25 heavy (non-hydrogen) atoms. The molecule has 2 N–H and O–H groups in total. The van der Waals surface area contributed by atoms with Gasteiger partial charge >= 0.3 is 5.69 Å². The molecule has 4 rings (SSSR count). The summed E-state index contributed by atoms with van der Waals surface area (Å²) in [6.07, 6.45) is 3.52. The number of benzene rings is 1. The zero-order chi connectivity index (χ0) is 17.4. The largest absolute Gasteiger partial charge is 0.361 e. The molecule has 1 aromatic carbocycles. The Bertz CT molecular complexity index is 959. The molecule has 3 heterocycles. The third-order valence-electron chi connectivity index (χ3n) is 5.05. The van der Waals surface area contributed by atoms with Crippen molar-refractivity contribution in [3.8, 4) is 0 Å². The van der Waals surface area contributed by atoms with E-state index in [4.69, 9.17) is 0 Å². The van der Waals surface area contributed by atoms with Crippen molar-refractivity contribution in [1.29, 1.82) is 0 Å². The van der Waals surface area contributed by atoms with Gasteiger partial charge in [0.2, 0.25) is 0 Å². The van der Waals surface area contributed by atoms with Crippen molar-refractivity contribution >= 4 is 16.8 Å². The molecule has 0 radical (unpaired) electrons. The van der Waals surface area contributed by atoms with Crippen LogP contribution in [-0.2, 0) is 6.54 Å². The normalized spacial score (nSPS) is 15.8. The molecule has 3 aromatic rings. The molecule has 0 saturated carbocycles. The van der Waals surface area contributed by atoms with Crippen LogP contribution >= 0.6 is 0 Å². The molecule has 7 nitrogen and oxygen atoms in total. The lowest BCUT2D eigenvalue weighted by molar-refractivity contribution is 0.0710. The van der Waals surface area contributed by atoms with Gasteiger partial charge in [-0.2, -0.15) is 5.10 Å². The number of carbonyl (C=O) groups excluding carboxylic acids is 1. The fourth-order valence-corrected chi connectivity index (χ4v) is 3.65. The highest BCUT2D eigenvalue weighted by Crippen LogP contribution is 2.27. The van der Waals surface area contributed by atoms with E-state index in [1.165, 1.54) is 0 Å². The molecular weight excluding hydrogens is 318 g/mol. The van der Waals surface area contributed by atoms with E-state index in [-0.39, 0.29) is 17.5 Å². The minimum atomic E-state index is -0.157. The fraction of sp³-hybridized carbons (Fsp3) is 0.389. The summed E-state index contributed by atoms with van der Waals surface area (Å²) < 4.78 is 1.68. The van der Waals surface area contributed by atoms with Gasteiger partial charge in [0.05, 0.1) is 0 Å². The van der Waals surface area contributed by atoms with Crippen molar-refractivity contribution in [2.24, 2.45) is 0 Å². The third kappa shape index (κ3) is 2.75. The number of hydrogen-bond donors (Lipinski definition) is 2. The lowest BCUT2D eigenvalue weighted by Gasteiger charge is -2.31. The van der Waals surface area contributed by atoms with E-state index >= 15 is 0 Å². The lowest BCUT2D eigenvalue weighted by Crippen LogP contribution is -2.38. The quantitative estimate of drug-likeness (QED) is 0.766. The summed E-state index contributed by atoms with van der Waals surface area (Å²) >= 11 is 0. The predicted octanol–water partition coefficient (Wildman–Crippen LogP) is 2.09. The average Bonchev–Trinajstić information content (AvgIpc) is 3.26. The van der Waals surface area contributed by atoms with Crippen molar-refractivity contribution in [1.82, 2.24) is 24.6 Å². The van der Waals surface area contributed by atoms with Gasteiger partial charge < -0.3 is 9.88 Å². The number of aromatic nitrogens is 4. The molecule has 1 aliphatic heterocycles. The number of amides is 1. The number of likely N-dealkylation sites (tertiary alicyclic amines) is 1. The van der Waals surface area contributed by atoms with Crippen molar-refractivity contribution in [2.45, 2.75) is 32.2 Å². The second-order valence-corrected chi connectivity index (χ2v) is 6.48. The molecule has 0 unspecified atom stereocenters. The van der Waals surface area contributed by atoms with Crippen LogP contribution in [0.5, 0.6) is 0 Å². The highest BCUT2D eigenvalue weighted by molar-refractivity contribution is 5.98. The van der Waals surface area contributed by atoms with Crippen LogP contribution in [0.1, 0.15) is 41.9 Å². The average molecular weight is 339 g/mol. The maximum Gasteiger partial charge on any atom is 0.343 e. The van der Waals surface area contributed by atoms with Crippen molar-refractivity contribution in [3.63, 3.8) is 0 Å². The molecule has 130 valence electrons. The van der Waals surface area contributed by atoms with E-state index in [0.717, 1.165) is 29.6 Å². The molecule has 0 bridgehead atoms. The molecule has 1 aliphatic rings. The van der Waals surface area contributed by atoms with Crippen LogP contribution in [0.4, 0.5) is 0 Å². The summed E-state index contributed by atoms with van der Waals surface area (Å²) in [5, 5.41) is 7.82. The first-order valence-corrected chi connectivity index (χ1v) is 8.69. The van der Waals surface area contributed by atoms with E-state index < -0.39 is 0 Å². The maximum absolute atomic E-state index is 12.8. The Kier molecular flexibility index (Phi) is 3.91. The van der Waals surface area contributed by atoms with Crippen LogP contribution in [-0.4, -0.2) is 43.6 Å². The molecule has 1 fully saturated rings. The number of nitrogens with one attached hydrogen (secondary N) is 2. The number of fused-ring (bicyclic) bond motifs is 1. The maximum atomic E-state index is 12.8. The number of carbonyl (C=O) groups is 1. The topological polar surface area (TPSA) is 86.8 Å². The zero-order valence-electron chi connectivity index (χ0n) is 14.2. The minimum absolute atomic E-state index is 0.0601. The Morgan fingerprint density at radius 1 is 1.28 bits per heavy atom. The summed E-state index contributed by atoms with van der Waals surface area (Å²) in [5.41, 5.74) is 1.53. The first-order chi connectivity index (χ1) is 12.2. The number of rotatable bonds is 3. The summed E-state index contributed by atoms with van der Waals surface area (Å²) in [4.78, 5) is 29.5. The predicted molar refractivity (Wildman–Crippen MR) is 94.7 cm³/mol. The summed E-state index contributed by atoms with van der Waals surface area (Å²) in [5.74, 6) is 1.09. The second-order valence-electron chi connectivity index (χ2n) is 6.48. The smallest absolute Gasteiger partial charge is 0.343 e. The van der Waals surface area contributed by atoms with Gasteiger partial charge in [0.25, 0.3) is 5.91 Å². The fourth-order valence-electron chi connectivity index (χ4n) is 3.65. The SMILES string of the molecule is CCn1c(C2CCN(C(=O)c3ccc4cc[nH]c4c3)CC2)n[nH]c1=O. The van der Waals surface area contributed by atoms with Crippen molar-refractivity contribution in [3.05, 3.63) is 52.3 Å². The molecule has 1 amide bonds.